The number of hydrogen-bond donors (Lipinski definition) is 2. The molecule has 1 amide bonds. The van der Waals surface area contributed by atoms with Crippen molar-refractivity contribution in [3.8, 4) is 5.75 Å². The van der Waals surface area contributed by atoms with Crippen LogP contribution in [0.5, 0.6) is 5.75 Å². The number of benzene rings is 3. The number of rotatable bonds is 6. The molecule has 0 fully saturated rings. The minimum absolute atomic E-state index is 0.0420. The maximum atomic E-state index is 12.9. The van der Waals surface area contributed by atoms with Crippen LogP contribution in [0.25, 0.3) is 11.0 Å². The second-order valence-corrected chi connectivity index (χ2v) is 9.32. The van der Waals surface area contributed by atoms with Gasteiger partial charge in [-0.05, 0) is 60.5 Å². The average molecular weight is 470 g/mol. The fourth-order valence-electron chi connectivity index (χ4n) is 3.42. The smallest absolute Gasteiger partial charge is 0.265 e. The van der Waals surface area contributed by atoms with E-state index in [9.17, 15) is 13.2 Å². The second kappa shape index (κ2) is 8.64. The number of imidazole rings is 1. The molecule has 32 heavy (non-hydrogen) atoms. The maximum absolute atomic E-state index is 12.9. The van der Waals surface area contributed by atoms with Crippen LogP contribution in [0.15, 0.2) is 65.6 Å². The summed E-state index contributed by atoms with van der Waals surface area (Å²) in [6, 6.07) is 16.4. The second-order valence-electron chi connectivity index (χ2n) is 7.23. The van der Waals surface area contributed by atoms with Gasteiger partial charge in [0.2, 0.25) is 0 Å². The molecule has 9 heteroatoms. The Hall–Kier alpha value is -3.36. The quantitative estimate of drug-likeness (QED) is 0.439. The van der Waals surface area contributed by atoms with Gasteiger partial charge in [-0.25, -0.2) is 18.1 Å². The topological polar surface area (TPSA) is 101 Å². The number of nitrogens with one attached hydrogen (secondary N) is 2. The summed E-state index contributed by atoms with van der Waals surface area (Å²) < 4.78 is 32.6. The minimum atomic E-state index is -4.06. The number of aryl methyl sites for hydroxylation is 1. The monoisotopic (exact) mass is 469 g/mol. The molecule has 0 aliphatic carbocycles. The van der Waals surface area contributed by atoms with Gasteiger partial charge < -0.3 is 9.72 Å². The number of nitrogens with zero attached hydrogens (tertiary/aromatic N) is 1. The number of amides is 1. The first-order chi connectivity index (χ1) is 15.3. The van der Waals surface area contributed by atoms with Crippen molar-refractivity contribution < 1.29 is 17.9 Å². The molecule has 3 aromatic carbocycles. The molecular weight excluding hydrogens is 450 g/mol. The zero-order valence-corrected chi connectivity index (χ0v) is 18.9. The van der Waals surface area contributed by atoms with Crippen molar-refractivity contribution in [3.05, 3.63) is 88.2 Å². The standard InChI is InChI=1S/C23H20ClN3O4S/c1-14-25-21-13-17(12-16(22(21)26-14)11-15-5-3-4-6-20(15)24)23(28)27-32(29,30)19-9-7-18(31-2)8-10-19/h3-10,12-13H,11H2,1-2H3,(H,25,26)(H,27,28). The Balaban J connectivity index is 1.69. The molecule has 164 valence electrons. The van der Waals surface area contributed by atoms with E-state index < -0.39 is 15.9 Å². The summed E-state index contributed by atoms with van der Waals surface area (Å²) >= 11 is 6.32. The van der Waals surface area contributed by atoms with Gasteiger partial charge in [-0.2, -0.15) is 0 Å². The number of aromatic nitrogens is 2. The zero-order chi connectivity index (χ0) is 22.9. The molecule has 0 radical (unpaired) electrons. The van der Waals surface area contributed by atoms with Gasteiger partial charge in [0.05, 0.1) is 23.0 Å². The van der Waals surface area contributed by atoms with Crippen molar-refractivity contribution in [2.75, 3.05) is 7.11 Å². The number of carbonyl (C=O) groups excluding carboxylic acids is 1. The zero-order valence-electron chi connectivity index (χ0n) is 17.3. The summed E-state index contributed by atoms with van der Waals surface area (Å²) in [5.74, 6) is 0.450. The van der Waals surface area contributed by atoms with Gasteiger partial charge >= 0.3 is 0 Å². The Kier molecular flexibility index (Phi) is 5.90. The van der Waals surface area contributed by atoms with E-state index in [2.05, 4.69) is 14.7 Å². The molecule has 0 aliphatic rings. The molecule has 7 nitrogen and oxygen atoms in total. The number of carbonyl (C=O) groups is 1. The molecule has 0 bridgehead atoms. The molecular formula is C23H20ClN3O4S. The van der Waals surface area contributed by atoms with Crippen LogP contribution in [0, 0.1) is 6.92 Å². The number of sulfonamides is 1. The molecule has 1 heterocycles. The molecule has 0 unspecified atom stereocenters. The largest absolute Gasteiger partial charge is 0.497 e. The van der Waals surface area contributed by atoms with Crippen LogP contribution < -0.4 is 9.46 Å². The number of aromatic amines is 1. The Bertz CT molecular complexity index is 1410. The van der Waals surface area contributed by atoms with Crippen LogP contribution >= 0.6 is 11.6 Å². The van der Waals surface area contributed by atoms with Crippen molar-refractivity contribution >= 4 is 38.6 Å². The van der Waals surface area contributed by atoms with Gasteiger partial charge in [-0.3, -0.25) is 4.79 Å². The third-order valence-electron chi connectivity index (χ3n) is 4.99. The molecule has 2 N–H and O–H groups in total. The highest BCUT2D eigenvalue weighted by molar-refractivity contribution is 7.90. The molecule has 4 aromatic rings. The summed E-state index contributed by atoms with van der Waals surface area (Å²) in [7, 11) is -2.58. The van der Waals surface area contributed by atoms with E-state index in [1.54, 1.807) is 18.2 Å². The van der Waals surface area contributed by atoms with Crippen LogP contribution in [0.1, 0.15) is 27.3 Å². The predicted molar refractivity (Wildman–Crippen MR) is 123 cm³/mol. The van der Waals surface area contributed by atoms with E-state index >= 15 is 0 Å². The summed E-state index contributed by atoms with van der Waals surface area (Å²) in [4.78, 5) is 20.5. The summed E-state index contributed by atoms with van der Waals surface area (Å²) in [6.45, 7) is 1.81. The van der Waals surface area contributed by atoms with Crippen LogP contribution in [0.3, 0.4) is 0 Å². The molecule has 1 aromatic heterocycles. The molecule has 0 saturated carbocycles. The van der Waals surface area contributed by atoms with E-state index in [4.69, 9.17) is 16.3 Å². The maximum Gasteiger partial charge on any atom is 0.265 e. The Morgan fingerprint density at radius 1 is 1.09 bits per heavy atom. The van der Waals surface area contributed by atoms with Gasteiger partial charge in [0.1, 0.15) is 11.6 Å². The van der Waals surface area contributed by atoms with Crippen LogP contribution in [0.4, 0.5) is 0 Å². The summed E-state index contributed by atoms with van der Waals surface area (Å²) in [6.07, 6.45) is 0.449. The summed E-state index contributed by atoms with van der Waals surface area (Å²) in [5, 5.41) is 0.605. The average Bonchev–Trinajstić information content (AvgIpc) is 3.15. The van der Waals surface area contributed by atoms with Gasteiger partial charge in [-0.15, -0.1) is 0 Å². The highest BCUT2D eigenvalue weighted by atomic mass is 35.5. The fourth-order valence-corrected chi connectivity index (χ4v) is 4.60. The number of hydrogen-bond acceptors (Lipinski definition) is 5. The highest BCUT2D eigenvalue weighted by Gasteiger charge is 2.21. The molecule has 4 rings (SSSR count). The van der Waals surface area contributed by atoms with Crippen molar-refractivity contribution in [2.24, 2.45) is 0 Å². The first kappa shape index (κ1) is 21.9. The first-order valence-electron chi connectivity index (χ1n) is 9.70. The number of ether oxygens (including phenoxy) is 1. The SMILES string of the molecule is COc1ccc(S(=O)(=O)NC(=O)c2cc(Cc3ccccc3Cl)c3[nH]c(C)nc3c2)cc1. The number of H-pyrrole nitrogens is 1. The molecule has 0 saturated heterocycles. The lowest BCUT2D eigenvalue weighted by Gasteiger charge is -2.10. The predicted octanol–water partition coefficient (Wildman–Crippen LogP) is 4.24. The Morgan fingerprint density at radius 3 is 2.50 bits per heavy atom. The van der Waals surface area contributed by atoms with Gasteiger partial charge in [0.15, 0.2) is 0 Å². The fraction of sp³-hybridized carbons (Fsp3) is 0.130. The normalized spacial score (nSPS) is 11.5. The third-order valence-corrected chi connectivity index (χ3v) is 6.71. The highest BCUT2D eigenvalue weighted by Crippen LogP contribution is 2.25. The number of fused-ring (bicyclic) bond motifs is 1. The molecule has 0 atom stereocenters. The minimum Gasteiger partial charge on any atom is -0.497 e. The Labute approximate surface area is 190 Å². The van der Waals surface area contributed by atoms with E-state index in [-0.39, 0.29) is 10.5 Å². The first-order valence-corrected chi connectivity index (χ1v) is 11.6. The van der Waals surface area contributed by atoms with Crippen LogP contribution in [0.2, 0.25) is 5.02 Å². The van der Waals surface area contributed by atoms with Crippen molar-refractivity contribution in [1.29, 1.82) is 0 Å². The van der Waals surface area contributed by atoms with E-state index in [0.29, 0.717) is 28.5 Å². The summed E-state index contributed by atoms with van der Waals surface area (Å²) in [5.41, 5.74) is 3.19. The van der Waals surface area contributed by atoms with E-state index in [1.165, 1.54) is 31.4 Å². The number of halogens is 1. The van der Waals surface area contributed by atoms with Gasteiger partial charge in [0.25, 0.3) is 15.9 Å². The van der Waals surface area contributed by atoms with Crippen molar-refractivity contribution in [1.82, 2.24) is 14.7 Å². The van der Waals surface area contributed by atoms with E-state index in [0.717, 1.165) is 16.6 Å². The van der Waals surface area contributed by atoms with Crippen molar-refractivity contribution in [3.63, 3.8) is 0 Å². The molecule has 0 spiro atoms. The Morgan fingerprint density at radius 2 is 1.81 bits per heavy atom. The van der Waals surface area contributed by atoms with Crippen LogP contribution in [-0.4, -0.2) is 31.4 Å². The van der Waals surface area contributed by atoms with Crippen molar-refractivity contribution in [2.45, 2.75) is 18.2 Å². The number of methoxy groups -OCH3 is 1. The molecule has 0 aliphatic heterocycles. The van der Waals surface area contributed by atoms with E-state index in [1.807, 2.05) is 25.1 Å². The van der Waals surface area contributed by atoms with Gasteiger partial charge in [0, 0.05) is 17.0 Å². The lowest BCUT2D eigenvalue weighted by molar-refractivity contribution is 0.0981. The lowest BCUT2D eigenvalue weighted by Crippen LogP contribution is -2.30. The lowest BCUT2D eigenvalue weighted by atomic mass is 10.0. The third kappa shape index (κ3) is 4.46. The van der Waals surface area contributed by atoms with Crippen LogP contribution in [-0.2, 0) is 16.4 Å². The van der Waals surface area contributed by atoms with Gasteiger partial charge in [-0.1, -0.05) is 29.8 Å².